The Hall–Kier alpha value is -1.85. The average Bonchev–Trinajstić information content (AvgIpc) is 2.17. The molecular weight excluding hydrogens is 223 g/mol. The number of alkyl halides is 3. The Labute approximate surface area is 89.0 Å². The van der Waals surface area contributed by atoms with Crippen molar-refractivity contribution in [1.29, 1.82) is 5.41 Å². The lowest BCUT2D eigenvalue weighted by molar-refractivity contribution is -0.137. The third kappa shape index (κ3) is 3.08. The number of halogens is 3. The molecule has 0 radical (unpaired) electrons. The first-order valence-electron chi connectivity index (χ1n) is 4.27. The molecule has 0 aliphatic carbocycles. The maximum atomic E-state index is 12.2. The number of hydrogen-bond donors (Lipinski definition) is 2. The Kier molecular flexibility index (Phi) is 3.31. The molecule has 16 heavy (non-hydrogen) atoms. The van der Waals surface area contributed by atoms with Gasteiger partial charge in [-0.2, -0.15) is 13.2 Å². The highest BCUT2D eigenvalue weighted by Crippen LogP contribution is 2.29. The lowest BCUT2D eigenvalue weighted by Crippen LogP contribution is -2.14. The van der Waals surface area contributed by atoms with Gasteiger partial charge in [-0.1, -0.05) is 12.1 Å². The standard InChI is InChI=1S/C10H8F3NO2/c11-10(12,13)7-3-1-6(2-4-7)5-8(14)9(15)16/h1-4,14H,5H2,(H,15,16). The fourth-order valence-corrected chi connectivity index (χ4v) is 1.09. The van der Waals surface area contributed by atoms with Gasteiger partial charge in [0.1, 0.15) is 5.71 Å². The summed E-state index contributed by atoms with van der Waals surface area (Å²) in [6.07, 6.45) is -4.59. The highest BCUT2D eigenvalue weighted by molar-refractivity contribution is 6.34. The molecule has 0 aromatic heterocycles. The second-order valence-electron chi connectivity index (χ2n) is 3.16. The highest BCUT2D eigenvalue weighted by Gasteiger charge is 2.29. The summed E-state index contributed by atoms with van der Waals surface area (Å²) >= 11 is 0. The monoisotopic (exact) mass is 231 g/mol. The summed E-state index contributed by atoms with van der Waals surface area (Å²) in [7, 11) is 0. The lowest BCUT2D eigenvalue weighted by atomic mass is 10.1. The van der Waals surface area contributed by atoms with E-state index in [2.05, 4.69) is 0 Å². The van der Waals surface area contributed by atoms with Gasteiger partial charge in [-0.05, 0) is 17.7 Å². The van der Waals surface area contributed by atoms with Crippen molar-refractivity contribution in [3.8, 4) is 0 Å². The first kappa shape index (κ1) is 12.2. The van der Waals surface area contributed by atoms with Crippen LogP contribution >= 0.6 is 0 Å². The fourth-order valence-electron chi connectivity index (χ4n) is 1.09. The largest absolute Gasteiger partial charge is 0.477 e. The summed E-state index contributed by atoms with van der Waals surface area (Å²) in [6.45, 7) is 0. The Morgan fingerprint density at radius 2 is 1.75 bits per heavy atom. The number of carbonyl (C=O) groups is 1. The van der Waals surface area contributed by atoms with Gasteiger partial charge in [-0.25, -0.2) is 4.79 Å². The molecule has 0 atom stereocenters. The van der Waals surface area contributed by atoms with Crippen LogP contribution in [-0.2, 0) is 17.4 Å². The van der Waals surface area contributed by atoms with Crippen molar-refractivity contribution < 1.29 is 23.1 Å². The Morgan fingerprint density at radius 1 is 1.25 bits per heavy atom. The van der Waals surface area contributed by atoms with Crippen LogP contribution < -0.4 is 0 Å². The van der Waals surface area contributed by atoms with E-state index in [0.29, 0.717) is 5.56 Å². The van der Waals surface area contributed by atoms with Crippen molar-refractivity contribution in [3.63, 3.8) is 0 Å². The SMILES string of the molecule is N=C(Cc1ccc(C(F)(F)F)cc1)C(=O)O. The summed E-state index contributed by atoms with van der Waals surface area (Å²) in [5.74, 6) is -1.38. The zero-order valence-electron chi connectivity index (χ0n) is 8.01. The molecule has 86 valence electrons. The van der Waals surface area contributed by atoms with E-state index in [4.69, 9.17) is 10.5 Å². The normalized spacial score (nSPS) is 11.2. The van der Waals surface area contributed by atoms with Gasteiger partial charge >= 0.3 is 12.1 Å². The smallest absolute Gasteiger partial charge is 0.416 e. The number of aliphatic carboxylic acids is 1. The first-order valence-corrected chi connectivity index (χ1v) is 4.27. The van der Waals surface area contributed by atoms with E-state index in [9.17, 15) is 18.0 Å². The van der Waals surface area contributed by atoms with Crippen molar-refractivity contribution >= 4 is 11.7 Å². The zero-order valence-corrected chi connectivity index (χ0v) is 8.01. The first-order chi connectivity index (χ1) is 7.30. The molecule has 1 rings (SSSR count). The van der Waals surface area contributed by atoms with Crippen molar-refractivity contribution in [1.82, 2.24) is 0 Å². The number of rotatable bonds is 3. The van der Waals surface area contributed by atoms with E-state index in [1.807, 2.05) is 0 Å². The summed E-state index contributed by atoms with van der Waals surface area (Å²) in [5.41, 5.74) is -0.988. The van der Waals surface area contributed by atoms with Gasteiger partial charge in [-0.15, -0.1) is 0 Å². The second-order valence-corrected chi connectivity index (χ2v) is 3.16. The van der Waals surface area contributed by atoms with Crippen LogP contribution in [-0.4, -0.2) is 16.8 Å². The maximum absolute atomic E-state index is 12.2. The molecule has 1 aromatic carbocycles. The molecule has 0 amide bonds. The molecule has 0 fully saturated rings. The molecule has 0 saturated heterocycles. The third-order valence-electron chi connectivity index (χ3n) is 1.92. The van der Waals surface area contributed by atoms with E-state index in [-0.39, 0.29) is 6.42 Å². The van der Waals surface area contributed by atoms with E-state index in [1.54, 1.807) is 0 Å². The Bertz CT molecular complexity index is 409. The number of carboxylic acids is 1. The lowest BCUT2D eigenvalue weighted by Gasteiger charge is -2.07. The van der Waals surface area contributed by atoms with E-state index < -0.39 is 23.4 Å². The second kappa shape index (κ2) is 4.34. The molecule has 0 spiro atoms. The van der Waals surface area contributed by atoms with Crippen molar-refractivity contribution in [3.05, 3.63) is 35.4 Å². The summed E-state index contributed by atoms with van der Waals surface area (Å²) < 4.78 is 36.5. The number of carboxylic acid groups (broad SMARTS) is 1. The molecule has 2 N–H and O–H groups in total. The summed E-state index contributed by atoms with van der Waals surface area (Å²) in [5, 5.41) is 15.5. The minimum Gasteiger partial charge on any atom is -0.477 e. The summed E-state index contributed by atoms with van der Waals surface area (Å²) in [6, 6.07) is 4.07. The molecule has 1 aromatic rings. The molecule has 0 unspecified atom stereocenters. The minimum absolute atomic E-state index is 0.187. The predicted octanol–water partition coefficient (Wildman–Crippen LogP) is 2.35. The van der Waals surface area contributed by atoms with Gasteiger partial charge in [0.05, 0.1) is 5.56 Å². The van der Waals surface area contributed by atoms with Crippen molar-refractivity contribution in [2.45, 2.75) is 12.6 Å². The fraction of sp³-hybridized carbons (Fsp3) is 0.200. The molecule has 6 heteroatoms. The minimum atomic E-state index is -4.40. The number of nitrogens with one attached hydrogen (secondary N) is 1. The van der Waals surface area contributed by atoms with E-state index in [1.165, 1.54) is 12.1 Å². The van der Waals surface area contributed by atoms with Crippen LogP contribution in [0.4, 0.5) is 13.2 Å². The topological polar surface area (TPSA) is 61.2 Å². The van der Waals surface area contributed by atoms with Crippen LogP contribution in [0.3, 0.4) is 0 Å². The molecule has 0 saturated carbocycles. The van der Waals surface area contributed by atoms with Crippen LogP contribution in [0.25, 0.3) is 0 Å². The molecule has 3 nitrogen and oxygen atoms in total. The Balaban J connectivity index is 2.80. The molecular formula is C10H8F3NO2. The van der Waals surface area contributed by atoms with Crippen LogP contribution in [0.15, 0.2) is 24.3 Å². The maximum Gasteiger partial charge on any atom is 0.416 e. The van der Waals surface area contributed by atoms with E-state index >= 15 is 0 Å². The van der Waals surface area contributed by atoms with Gasteiger partial charge in [-0.3, -0.25) is 5.41 Å². The van der Waals surface area contributed by atoms with Crippen LogP contribution in [0.1, 0.15) is 11.1 Å². The molecule has 0 bridgehead atoms. The number of benzene rings is 1. The molecule has 0 aliphatic rings. The van der Waals surface area contributed by atoms with Crippen molar-refractivity contribution in [2.24, 2.45) is 0 Å². The molecule has 0 aliphatic heterocycles. The van der Waals surface area contributed by atoms with Gasteiger partial charge in [0.25, 0.3) is 0 Å². The third-order valence-corrected chi connectivity index (χ3v) is 1.92. The van der Waals surface area contributed by atoms with Gasteiger partial charge in [0.2, 0.25) is 0 Å². The van der Waals surface area contributed by atoms with Crippen LogP contribution in [0.5, 0.6) is 0 Å². The van der Waals surface area contributed by atoms with Crippen LogP contribution in [0, 0.1) is 5.41 Å². The average molecular weight is 231 g/mol. The van der Waals surface area contributed by atoms with Gasteiger partial charge in [0, 0.05) is 6.42 Å². The zero-order chi connectivity index (χ0) is 12.3. The quantitative estimate of drug-likeness (QED) is 0.784. The van der Waals surface area contributed by atoms with Crippen molar-refractivity contribution in [2.75, 3.05) is 0 Å². The van der Waals surface area contributed by atoms with Gasteiger partial charge in [0.15, 0.2) is 0 Å². The van der Waals surface area contributed by atoms with Gasteiger partial charge < -0.3 is 5.11 Å². The van der Waals surface area contributed by atoms with Crippen LogP contribution in [0.2, 0.25) is 0 Å². The summed E-state index contributed by atoms with van der Waals surface area (Å²) in [4.78, 5) is 10.3. The number of hydrogen-bond acceptors (Lipinski definition) is 2. The highest BCUT2D eigenvalue weighted by atomic mass is 19.4. The Morgan fingerprint density at radius 3 is 2.12 bits per heavy atom. The predicted molar refractivity (Wildman–Crippen MR) is 50.5 cm³/mol. The molecule has 0 heterocycles. The van der Waals surface area contributed by atoms with E-state index in [0.717, 1.165) is 12.1 Å².